The molecular weight excluding hydrogens is 338 g/mol. The second-order valence-corrected chi connectivity index (χ2v) is 7.06. The van der Waals surface area contributed by atoms with E-state index in [1.165, 1.54) is 0 Å². The molecule has 0 bridgehead atoms. The first-order valence-electron chi connectivity index (χ1n) is 9.32. The van der Waals surface area contributed by atoms with Gasteiger partial charge < -0.3 is 10.1 Å². The zero-order valence-electron chi connectivity index (χ0n) is 15.8. The summed E-state index contributed by atoms with van der Waals surface area (Å²) in [4.78, 5) is 25.4. The lowest BCUT2D eigenvalue weighted by molar-refractivity contribution is -0.155. The molecule has 0 fully saturated rings. The third-order valence-corrected chi connectivity index (χ3v) is 4.78. The summed E-state index contributed by atoms with van der Waals surface area (Å²) in [7, 11) is 0. The lowest BCUT2D eigenvalue weighted by Crippen LogP contribution is -2.26. The molecule has 4 nitrogen and oxygen atoms in total. The predicted molar refractivity (Wildman–Crippen MR) is 106 cm³/mol. The van der Waals surface area contributed by atoms with Gasteiger partial charge in [-0.05, 0) is 49.8 Å². The summed E-state index contributed by atoms with van der Waals surface area (Å²) in [5.41, 5.74) is 3.41. The van der Waals surface area contributed by atoms with Crippen molar-refractivity contribution in [3.8, 4) is 0 Å². The summed E-state index contributed by atoms with van der Waals surface area (Å²) in [6, 6.07) is 15.0. The normalized spacial score (nSPS) is 16.7. The number of ether oxygens (including phenoxy) is 1. The van der Waals surface area contributed by atoms with Crippen LogP contribution in [0.15, 0.2) is 60.7 Å². The van der Waals surface area contributed by atoms with Gasteiger partial charge in [-0.2, -0.15) is 0 Å². The van der Waals surface area contributed by atoms with Crippen LogP contribution in [0.25, 0.3) is 0 Å². The number of allylic oxidation sites excluding steroid dienone is 2. The Balaban J connectivity index is 1.76. The number of hydrogen-bond acceptors (Lipinski definition) is 3. The molecule has 0 saturated heterocycles. The number of benzene rings is 2. The average molecular weight is 363 g/mol. The third-order valence-electron chi connectivity index (χ3n) is 4.78. The van der Waals surface area contributed by atoms with E-state index in [0.717, 1.165) is 29.7 Å². The molecule has 0 saturated carbocycles. The highest BCUT2D eigenvalue weighted by atomic mass is 16.5. The molecule has 1 N–H and O–H groups in total. The summed E-state index contributed by atoms with van der Waals surface area (Å²) in [5.74, 6) is -0.488. The molecule has 3 rings (SSSR count). The van der Waals surface area contributed by atoms with Crippen LogP contribution >= 0.6 is 0 Å². The Morgan fingerprint density at radius 1 is 1.15 bits per heavy atom. The first-order valence-corrected chi connectivity index (χ1v) is 9.32. The maximum absolute atomic E-state index is 12.9. The molecule has 27 heavy (non-hydrogen) atoms. The first kappa shape index (κ1) is 18.9. The second kappa shape index (κ2) is 8.67. The van der Waals surface area contributed by atoms with E-state index in [1.807, 2.05) is 50.2 Å². The molecule has 0 spiro atoms. The topological polar surface area (TPSA) is 55.4 Å². The van der Waals surface area contributed by atoms with Crippen molar-refractivity contribution in [1.82, 2.24) is 0 Å². The maximum Gasteiger partial charge on any atom is 0.307 e. The Morgan fingerprint density at radius 2 is 1.93 bits per heavy atom. The average Bonchev–Trinajstić information content (AvgIpc) is 3.16. The molecule has 2 atom stereocenters. The van der Waals surface area contributed by atoms with Crippen molar-refractivity contribution in [3.63, 3.8) is 0 Å². The van der Waals surface area contributed by atoms with Crippen molar-refractivity contribution >= 4 is 17.6 Å². The largest absolute Gasteiger partial charge is 0.447 e. The van der Waals surface area contributed by atoms with E-state index in [9.17, 15) is 9.59 Å². The minimum absolute atomic E-state index is 0.205. The van der Waals surface area contributed by atoms with Gasteiger partial charge in [0.1, 0.15) is 0 Å². The minimum atomic E-state index is -0.969. The van der Waals surface area contributed by atoms with Gasteiger partial charge in [0.05, 0.1) is 6.42 Å². The van der Waals surface area contributed by atoms with Crippen LogP contribution in [0.3, 0.4) is 0 Å². The van der Waals surface area contributed by atoms with Gasteiger partial charge in [-0.15, -0.1) is 0 Å². The molecule has 0 aromatic heterocycles. The molecule has 0 radical (unpaired) electrons. The monoisotopic (exact) mass is 363 g/mol. The number of amides is 1. The third kappa shape index (κ3) is 5.07. The standard InChI is InChI=1S/C23H25NO3/c1-16-12-13-17(2)20(14-16)24-23(26)22(19-10-4-3-5-11-19)27-21(25)15-18-8-6-7-9-18/h3-6,8,10-14,18,22H,7,9,15H2,1-2H3,(H,24,26)/t18-,22-/m0/s1. The van der Waals surface area contributed by atoms with Crippen molar-refractivity contribution < 1.29 is 14.3 Å². The van der Waals surface area contributed by atoms with Gasteiger partial charge in [-0.1, -0.05) is 54.6 Å². The number of nitrogens with one attached hydrogen (secondary N) is 1. The van der Waals surface area contributed by atoms with Crippen LogP contribution in [-0.2, 0) is 14.3 Å². The summed E-state index contributed by atoms with van der Waals surface area (Å²) in [5, 5.41) is 2.92. The van der Waals surface area contributed by atoms with Crippen LogP contribution in [0.2, 0.25) is 0 Å². The molecule has 0 aliphatic heterocycles. The molecule has 0 heterocycles. The molecule has 1 aliphatic carbocycles. The van der Waals surface area contributed by atoms with E-state index < -0.39 is 6.10 Å². The van der Waals surface area contributed by atoms with E-state index in [-0.39, 0.29) is 17.8 Å². The quantitative estimate of drug-likeness (QED) is 0.588. The smallest absolute Gasteiger partial charge is 0.307 e. The minimum Gasteiger partial charge on any atom is -0.447 e. The van der Waals surface area contributed by atoms with E-state index in [0.29, 0.717) is 12.0 Å². The molecule has 4 heteroatoms. The number of carbonyl (C=O) groups is 2. The van der Waals surface area contributed by atoms with E-state index in [2.05, 4.69) is 17.5 Å². The van der Waals surface area contributed by atoms with Crippen molar-refractivity contribution in [2.24, 2.45) is 5.92 Å². The number of esters is 1. The lowest BCUT2D eigenvalue weighted by Gasteiger charge is -2.20. The van der Waals surface area contributed by atoms with Crippen LogP contribution in [0, 0.1) is 19.8 Å². The van der Waals surface area contributed by atoms with Crippen molar-refractivity contribution in [1.29, 1.82) is 0 Å². The van der Waals surface area contributed by atoms with Crippen LogP contribution in [0.4, 0.5) is 5.69 Å². The number of hydrogen-bond donors (Lipinski definition) is 1. The highest BCUT2D eigenvalue weighted by Crippen LogP contribution is 2.25. The molecule has 140 valence electrons. The molecule has 2 aromatic rings. The van der Waals surface area contributed by atoms with Gasteiger partial charge in [0.2, 0.25) is 6.10 Å². The van der Waals surface area contributed by atoms with Crippen LogP contribution in [-0.4, -0.2) is 11.9 Å². The Labute approximate surface area is 160 Å². The fourth-order valence-corrected chi connectivity index (χ4v) is 3.23. The zero-order valence-corrected chi connectivity index (χ0v) is 15.8. The SMILES string of the molecule is Cc1ccc(C)c(NC(=O)[C@@H](OC(=O)C[C@H]2C=CCC2)c2ccccc2)c1. The lowest BCUT2D eigenvalue weighted by atomic mass is 10.0. The molecule has 0 unspecified atom stereocenters. The van der Waals surface area contributed by atoms with Gasteiger partial charge in [0.25, 0.3) is 5.91 Å². The van der Waals surface area contributed by atoms with Crippen molar-refractivity contribution in [2.75, 3.05) is 5.32 Å². The van der Waals surface area contributed by atoms with Gasteiger partial charge in [0, 0.05) is 11.3 Å². The number of aryl methyl sites for hydroxylation is 2. The predicted octanol–water partition coefficient (Wildman–Crippen LogP) is 4.88. The fraction of sp³-hybridized carbons (Fsp3) is 0.304. The van der Waals surface area contributed by atoms with Gasteiger partial charge in [0.15, 0.2) is 0 Å². The molecule has 1 aliphatic rings. The second-order valence-electron chi connectivity index (χ2n) is 7.06. The summed E-state index contributed by atoms with van der Waals surface area (Å²) >= 11 is 0. The maximum atomic E-state index is 12.9. The van der Waals surface area contributed by atoms with Crippen molar-refractivity contribution in [3.05, 3.63) is 77.4 Å². The Kier molecular flexibility index (Phi) is 6.07. The van der Waals surface area contributed by atoms with E-state index in [4.69, 9.17) is 4.74 Å². The van der Waals surface area contributed by atoms with Crippen LogP contribution < -0.4 is 5.32 Å². The summed E-state index contributed by atoms with van der Waals surface area (Å²) in [6.45, 7) is 3.91. The van der Waals surface area contributed by atoms with Gasteiger partial charge >= 0.3 is 5.97 Å². The Bertz CT molecular complexity index is 842. The Morgan fingerprint density at radius 3 is 2.63 bits per heavy atom. The first-order chi connectivity index (χ1) is 13.0. The summed E-state index contributed by atoms with van der Waals surface area (Å²) in [6.07, 6.45) is 5.42. The highest BCUT2D eigenvalue weighted by molar-refractivity contribution is 5.96. The number of anilines is 1. The van der Waals surface area contributed by atoms with Gasteiger partial charge in [-0.25, -0.2) is 0 Å². The van der Waals surface area contributed by atoms with E-state index >= 15 is 0 Å². The van der Waals surface area contributed by atoms with E-state index in [1.54, 1.807) is 12.1 Å². The highest BCUT2D eigenvalue weighted by Gasteiger charge is 2.26. The summed E-state index contributed by atoms with van der Waals surface area (Å²) < 4.78 is 5.62. The fourth-order valence-electron chi connectivity index (χ4n) is 3.23. The van der Waals surface area contributed by atoms with Gasteiger partial charge in [-0.3, -0.25) is 9.59 Å². The van der Waals surface area contributed by atoms with Crippen LogP contribution in [0.1, 0.15) is 42.1 Å². The zero-order chi connectivity index (χ0) is 19.2. The van der Waals surface area contributed by atoms with Crippen LogP contribution in [0.5, 0.6) is 0 Å². The molecule has 1 amide bonds. The number of carbonyl (C=O) groups excluding carboxylic acids is 2. The van der Waals surface area contributed by atoms with Crippen molar-refractivity contribution in [2.45, 2.75) is 39.2 Å². The Hall–Kier alpha value is -2.88. The molecule has 2 aromatic carbocycles. The number of rotatable bonds is 6. The molecular formula is C23H25NO3.